The molecule has 2 heterocycles. The molecule has 2 aromatic rings. The molecule has 0 fully saturated rings. The first kappa shape index (κ1) is 19.9. The number of hydrogen-bond donors (Lipinski definition) is 0. The van der Waals surface area contributed by atoms with Crippen molar-refractivity contribution >= 4 is 6.09 Å². The van der Waals surface area contributed by atoms with E-state index in [-0.39, 0.29) is 18.0 Å². The van der Waals surface area contributed by atoms with Crippen LogP contribution in [0.2, 0.25) is 0 Å². The molecule has 1 aliphatic rings. The molecule has 28 heavy (non-hydrogen) atoms. The van der Waals surface area contributed by atoms with E-state index in [9.17, 15) is 9.18 Å². The van der Waals surface area contributed by atoms with Gasteiger partial charge in [-0.1, -0.05) is 0 Å². The number of benzene rings is 1. The van der Waals surface area contributed by atoms with Gasteiger partial charge in [0.15, 0.2) is 0 Å². The molecular weight excluding hydrogens is 357 g/mol. The number of carbonyl (C=O) groups is 1. The second kappa shape index (κ2) is 6.97. The number of nitrogens with zero attached hydrogens (tertiary/aromatic N) is 3. The lowest BCUT2D eigenvalue weighted by molar-refractivity contribution is 0.0159. The Morgan fingerprint density at radius 1 is 1.32 bits per heavy atom. The number of amides is 1. The molecule has 0 unspecified atom stereocenters. The first-order valence-corrected chi connectivity index (χ1v) is 9.38. The van der Waals surface area contributed by atoms with Gasteiger partial charge in [0.25, 0.3) is 0 Å². The van der Waals surface area contributed by atoms with E-state index in [0.29, 0.717) is 29.8 Å². The number of fused-ring (bicyclic) bond motifs is 1. The summed E-state index contributed by atoms with van der Waals surface area (Å²) in [5.41, 5.74) is 3.51. The average Bonchev–Trinajstić information content (AvgIpc) is 2.97. The number of aromatic nitrogens is 2. The molecule has 1 aromatic heterocycles. The predicted octanol–water partition coefficient (Wildman–Crippen LogP) is 4.46. The lowest BCUT2D eigenvalue weighted by Gasteiger charge is -2.34. The van der Waals surface area contributed by atoms with E-state index in [1.807, 2.05) is 27.7 Å². The van der Waals surface area contributed by atoms with Crippen LogP contribution in [-0.2, 0) is 11.2 Å². The summed E-state index contributed by atoms with van der Waals surface area (Å²) >= 11 is 0. The molecule has 5 nitrogen and oxygen atoms in total. The van der Waals surface area contributed by atoms with E-state index in [0.717, 1.165) is 16.9 Å². The molecule has 6 heteroatoms. The first-order chi connectivity index (χ1) is 13.0. The summed E-state index contributed by atoms with van der Waals surface area (Å²) in [6.07, 6.45) is 6.05. The molecule has 1 aromatic carbocycles. The van der Waals surface area contributed by atoms with E-state index in [1.165, 1.54) is 0 Å². The highest BCUT2D eigenvalue weighted by atomic mass is 19.1. The van der Waals surface area contributed by atoms with Crippen molar-refractivity contribution < 1.29 is 13.9 Å². The topological polar surface area (TPSA) is 47.4 Å². The third kappa shape index (κ3) is 3.49. The molecule has 0 N–H and O–H groups in total. The SMILES string of the molecule is C#Cc1c2c(nn1-c1cc(C)c(F)c(C)c1)CCN(C(=O)OC(C)(C)C)[C@H]2C. The van der Waals surface area contributed by atoms with Crippen molar-refractivity contribution in [3.63, 3.8) is 0 Å². The molecule has 0 saturated carbocycles. The van der Waals surface area contributed by atoms with Crippen LogP contribution in [0.25, 0.3) is 5.69 Å². The second-order valence-corrected chi connectivity index (χ2v) is 8.26. The van der Waals surface area contributed by atoms with Gasteiger partial charge in [-0.25, -0.2) is 13.9 Å². The highest BCUT2D eigenvalue weighted by Crippen LogP contribution is 2.34. The maximum Gasteiger partial charge on any atom is 0.410 e. The summed E-state index contributed by atoms with van der Waals surface area (Å²) in [6, 6.07) is 3.21. The van der Waals surface area contributed by atoms with Crippen molar-refractivity contribution in [2.75, 3.05) is 6.54 Å². The van der Waals surface area contributed by atoms with Crippen LogP contribution in [0.4, 0.5) is 9.18 Å². The number of carbonyl (C=O) groups excluding carboxylic acids is 1. The minimum absolute atomic E-state index is 0.229. The monoisotopic (exact) mass is 383 g/mol. The minimum atomic E-state index is -0.570. The molecule has 0 spiro atoms. The summed E-state index contributed by atoms with van der Waals surface area (Å²) in [5.74, 6) is 2.49. The smallest absolute Gasteiger partial charge is 0.410 e. The zero-order valence-electron chi connectivity index (χ0n) is 17.3. The van der Waals surface area contributed by atoms with Crippen LogP contribution < -0.4 is 0 Å². The van der Waals surface area contributed by atoms with Crippen LogP contribution in [0, 0.1) is 32.0 Å². The number of halogens is 1. The zero-order chi connectivity index (χ0) is 20.8. The molecule has 3 rings (SSSR count). The van der Waals surface area contributed by atoms with Gasteiger partial charge in [-0.05, 0) is 70.7 Å². The lowest BCUT2D eigenvalue weighted by Crippen LogP contribution is -2.42. The van der Waals surface area contributed by atoms with Gasteiger partial charge in [0.1, 0.15) is 17.1 Å². The fourth-order valence-corrected chi connectivity index (χ4v) is 3.62. The van der Waals surface area contributed by atoms with Gasteiger partial charge in [0.05, 0.1) is 17.4 Å². The molecule has 1 amide bonds. The van der Waals surface area contributed by atoms with E-state index in [1.54, 1.807) is 35.6 Å². The van der Waals surface area contributed by atoms with Crippen molar-refractivity contribution in [1.82, 2.24) is 14.7 Å². The summed E-state index contributed by atoms with van der Waals surface area (Å²) < 4.78 is 21.3. The van der Waals surface area contributed by atoms with Gasteiger partial charge >= 0.3 is 6.09 Å². The van der Waals surface area contributed by atoms with Gasteiger partial charge in [0.2, 0.25) is 0 Å². The fraction of sp³-hybridized carbons (Fsp3) is 0.455. The lowest BCUT2D eigenvalue weighted by atomic mass is 9.98. The van der Waals surface area contributed by atoms with Crippen molar-refractivity contribution in [3.8, 4) is 18.0 Å². The Kier molecular flexibility index (Phi) is 4.97. The molecule has 0 aliphatic carbocycles. The normalized spacial score (nSPS) is 16.5. The van der Waals surface area contributed by atoms with Crippen molar-refractivity contribution in [2.24, 2.45) is 0 Å². The van der Waals surface area contributed by atoms with E-state index >= 15 is 0 Å². The Labute approximate surface area is 165 Å². The highest BCUT2D eigenvalue weighted by Gasteiger charge is 2.35. The Morgan fingerprint density at radius 2 is 1.93 bits per heavy atom. The van der Waals surface area contributed by atoms with E-state index in [4.69, 9.17) is 16.3 Å². The van der Waals surface area contributed by atoms with Gasteiger partial charge in [-0.2, -0.15) is 5.10 Å². The van der Waals surface area contributed by atoms with Gasteiger partial charge in [0, 0.05) is 18.5 Å². The van der Waals surface area contributed by atoms with Crippen LogP contribution in [0.3, 0.4) is 0 Å². The van der Waals surface area contributed by atoms with Crippen LogP contribution in [0.15, 0.2) is 12.1 Å². The number of terminal acetylenes is 1. The summed E-state index contributed by atoms with van der Waals surface area (Å²) in [5, 5.41) is 4.70. The molecule has 1 atom stereocenters. The van der Waals surface area contributed by atoms with Gasteiger partial charge in [-0.15, -0.1) is 6.42 Å². The molecule has 1 aliphatic heterocycles. The van der Waals surface area contributed by atoms with Crippen LogP contribution in [-0.4, -0.2) is 32.9 Å². The number of rotatable bonds is 1. The second-order valence-electron chi connectivity index (χ2n) is 8.26. The van der Waals surface area contributed by atoms with E-state index < -0.39 is 5.60 Å². The summed E-state index contributed by atoms with van der Waals surface area (Å²) in [7, 11) is 0. The summed E-state index contributed by atoms with van der Waals surface area (Å²) in [6.45, 7) is 11.4. The third-order valence-corrected chi connectivity index (χ3v) is 4.90. The maximum atomic E-state index is 14.0. The van der Waals surface area contributed by atoms with Crippen molar-refractivity contribution in [2.45, 2.75) is 59.6 Å². The standard InChI is InChI=1S/C22H26FN3O2/c1-8-18-19-15(4)25(21(27)28-22(5,6)7)10-9-17(19)24-26(18)16-11-13(2)20(23)14(3)12-16/h1,11-12,15H,9-10H2,2-7H3/t15-/m0/s1. The predicted molar refractivity (Wildman–Crippen MR) is 106 cm³/mol. The third-order valence-electron chi connectivity index (χ3n) is 4.90. The number of hydrogen-bond acceptors (Lipinski definition) is 3. The maximum absolute atomic E-state index is 14.0. The molecular formula is C22H26FN3O2. The molecule has 0 radical (unpaired) electrons. The van der Waals surface area contributed by atoms with Crippen LogP contribution in [0.5, 0.6) is 0 Å². The van der Waals surface area contributed by atoms with Crippen molar-refractivity contribution in [3.05, 3.63) is 46.0 Å². The largest absolute Gasteiger partial charge is 0.444 e. The average molecular weight is 383 g/mol. The van der Waals surface area contributed by atoms with Crippen LogP contribution in [0.1, 0.15) is 61.8 Å². The Bertz CT molecular complexity index is 956. The first-order valence-electron chi connectivity index (χ1n) is 9.38. The quantitative estimate of drug-likeness (QED) is 0.683. The minimum Gasteiger partial charge on any atom is -0.444 e. The molecule has 0 bridgehead atoms. The van der Waals surface area contributed by atoms with Gasteiger partial charge < -0.3 is 9.64 Å². The summed E-state index contributed by atoms with van der Waals surface area (Å²) in [4.78, 5) is 14.3. The zero-order valence-corrected chi connectivity index (χ0v) is 17.3. The van der Waals surface area contributed by atoms with Crippen molar-refractivity contribution in [1.29, 1.82) is 0 Å². The number of ether oxygens (including phenoxy) is 1. The Hall–Kier alpha value is -2.81. The van der Waals surface area contributed by atoms with E-state index in [2.05, 4.69) is 5.92 Å². The Balaban J connectivity index is 2.04. The fourth-order valence-electron chi connectivity index (χ4n) is 3.62. The van der Waals surface area contributed by atoms with Crippen LogP contribution >= 0.6 is 0 Å². The Morgan fingerprint density at radius 3 is 2.46 bits per heavy atom. The highest BCUT2D eigenvalue weighted by molar-refractivity contribution is 5.70. The molecule has 0 saturated heterocycles. The number of aryl methyl sites for hydroxylation is 2. The van der Waals surface area contributed by atoms with Gasteiger partial charge in [-0.3, -0.25) is 0 Å². The molecule has 148 valence electrons.